The highest BCUT2D eigenvalue weighted by molar-refractivity contribution is 6.11. The molecule has 3 heterocycles. The quantitative estimate of drug-likeness (QED) is 0.161. The standard InChI is InChI=1S/C60H38N2O2/c1-2-12-41(13-3-1)48-19-11-20-52-53-37-43(28-34-59(53)64-60(48)52)40-26-31-45(32-27-40)61(47-33-35-58-54(38-47)51-18-6-9-23-57(51)63-58)44-29-24-39(25-30-44)42-14-10-15-46(36-42)62-55-21-7-4-16-49(55)50-17-5-8-22-56(50)62/h1-38H. The lowest BCUT2D eigenvalue weighted by molar-refractivity contribution is 0.669. The Balaban J connectivity index is 0.886. The fourth-order valence-corrected chi connectivity index (χ4v) is 9.75. The molecule has 13 aromatic rings. The van der Waals surface area contributed by atoms with Gasteiger partial charge >= 0.3 is 0 Å². The van der Waals surface area contributed by atoms with Gasteiger partial charge in [0, 0.05) is 60.6 Å². The number of fused-ring (bicyclic) bond motifs is 9. The molecule has 0 atom stereocenters. The van der Waals surface area contributed by atoms with Gasteiger partial charge < -0.3 is 18.3 Å². The van der Waals surface area contributed by atoms with Gasteiger partial charge in [0.05, 0.1) is 11.0 Å². The number of furan rings is 2. The van der Waals surface area contributed by atoms with E-state index in [9.17, 15) is 0 Å². The maximum Gasteiger partial charge on any atom is 0.143 e. The van der Waals surface area contributed by atoms with Crippen molar-refractivity contribution in [1.29, 1.82) is 0 Å². The van der Waals surface area contributed by atoms with Crippen molar-refractivity contribution in [1.82, 2.24) is 4.57 Å². The largest absolute Gasteiger partial charge is 0.456 e. The molecule has 10 aromatic carbocycles. The summed E-state index contributed by atoms with van der Waals surface area (Å²) in [5.74, 6) is 0. The van der Waals surface area contributed by atoms with Crippen LogP contribution in [0.3, 0.4) is 0 Å². The minimum Gasteiger partial charge on any atom is -0.456 e. The van der Waals surface area contributed by atoms with Crippen molar-refractivity contribution in [3.05, 3.63) is 231 Å². The molecule has 4 heteroatoms. The van der Waals surface area contributed by atoms with Crippen molar-refractivity contribution in [3.8, 4) is 39.1 Å². The van der Waals surface area contributed by atoms with Crippen molar-refractivity contribution >= 4 is 82.7 Å². The van der Waals surface area contributed by atoms with Crippen molar-refractivity contribution in [2.45, 2.75) is 0 Å². The first-order chi connectivity index (χ1) is 31.7. The fraction of sp³-hybridized carbons (Fsp3) is 0. The predicted octanol–water partition coefficient (Wildman–Crippen LogP) is 17.1. The van der Waals surface area contributed by atoms with Gasteiger partial charge in [-0.05, 0) is 113 Å². The van der Waals surface area contributed by atoms with E-state index >= 15 is 0 Å². The van der Waals surface area contributed by atoms with E-state index in [1.165, 1.54) is 21.8 Å². The van der Waals surface area contributed by atoms with Gasteiger partial charge in [-0.3, -0.25) is 0 Å². The van der Waals surface area contributed by atoms with E-state index in [0.717, 1.165) is 100 Å². The molecule has 0 aliphatic heterocycles. The van der Waals surface area contributed by atoms with Crippen LogP contribution in [0.25, 0.3) is 105 Å². The topological polar surface area (TPSA) is 34.5 Å². The van der Waals surface area contributed by atoms with E-state index in [1.54, 1.807) is 0 Å². The molecule has 0 saturated carbocycles. The third-order valence-corrected chi connectivity index (χ3v) is 12.8. The highest BCUT2D eigenvalue weighted by atomic mass is 16.3. The van der Waals surface area contributed by atoms with Gasteiger partial charge in [0.25, 0.3) is 0 Å². The first kappa shape index (κ1) is 36.1. The second kappa shape index (κ2) is 14.5. The Bertz CT molecular complexity index is 3840. The van der Waals surface area contributed by atoms with E-state index in [1.807, 2.05) is 18.2 Å². The highest BCUT2D eigenvalue weighted by Crippen LogP contribution is 2.42. The molecule has 0 aliphatic rings. The highest BCUT2D eigenvalue weighted by Gasteiger charge is 2.18. The maximum atomic E-state index is 6.50. The minimum absolute atomic E-state index is 0.872. The molecular formula is C60H38N2O2. The second-order valence-corrected chi connectivity index (χ2v) is 16.5. The van der Waals surface area contributed by atoms with Crippen molar-refractivity contribution < 1.29 is 8.83 Å². The van der Waals surface area contributed by atoms with Crippen LogP contribution < -0.4 is 4.90 Å². The Morgan fingerprint density at radius 2 is 0.812 bits per heavy atom. The number of anilines is 3. The van der Waals surface area contributed by atoms with E-state index in [4.69, 9.17) is 8.83 Å². The van der Waals surface area contributed by atoms with Crippen molar-refractivity contribution in [2.24, 2.45) is 0 Å². The van der Waals surface area contributed by atoms with Crippen LogP contribution in [0, 0.1) is 0 Å². The van der Waals surface area contributed by atoms with Gasteiger partial charge in [0.15, 0.2) is 0 Å². The van der Waals surface area contributed by atoms with E-state index in [-0.39, 0.29) is 0 Å². The summed E-state index contributed by atoms with van der Waals surface area (Å²) < 4.78 is 15.1. The summed E-state index contributed by atoms with van der Waals surface area (Å²) in [6, 6.07) is 82.2. The fourth-order valence-electron chi connectivity index (χ4n) is 9.75. The minimum atomic E-state index is 0.872. The number of hydrogen-bond donors (Lipinski definition) is 0. The van der Waals surface area contributed by atoms with E-state index < -0.39 is 0 Å². The van der Waals surface area contributed by atoms with Gasteiger partial charge in [-0.15, -0.1) is 0 Å². The van der Waals surface area contributed by atoms with Crippen LogP contribution in [0.15, 0.2) is 239 Å². The zero-order valence-corrected chi connectivity index (χ0v) is 34.7. The zero-order chi connectivity index (χ0) is 42.1. The number of benzene rings is 10. The van der Waals surface area contributed by atoms with Crippen LogP contribution in [0.4, 0.5) is 17.1 Å². The first-order valence-corrected chi connectivity index (χ1v) is 21.7. The summed E-state index contributed by atoms with van der Waals surface area (Å²) in [7, 11) is 0. The number of rotatable bonds is 7. The molecular weight excluding hydrogens is 781 g/mol. The third-order valence-electron chi connectivity index (χ3n) is 12.8. The van der Waals surface area contributed by atoms with Crippen molar-refractivity contribution in [2.75, 3.05) is 4.90 Å². The monoisotopic (exact) mass is 818 g/mol. The molecule has 0 N–H and O–H groups in total. The zero-order valence-electron chi connectivity index (χ0n) is 34.7. The Labute approximate surface area is 369 Å². The molecule has 13 rings (SSSR count). The smallest absolute Gasteiger partial charge is 0.143 e. The van der Waals surface area contributed by atoms with Crippen LogP contribution in [0.1, 0.15) is 0 Å². The number of nitrogens with zero attached hydrogens (tertiary/aromatic N) is 2. The summed E-state index contributed by atoms with van der Waals surface area (Å²) in [5.41, 5.74) is 17.1. The van der Waals surface area contributed by atoms with Crippen LogP contribution in [0.2, 0.25) is 0 Å². The molecule has 64 heavy (non-hydrogen) atoms. The lowest BCUT2D eigenvalue weighted by Gasteiger charge is -2.26. The SMILES string of the molecule is c1ccc(-c2cccc3c2oc2ccc(-c4ccc(N(c5ccc(-c6cccc(-n7c8ccccc8c8ccccc87)c6)cc5)c5ccc6oc7ccccc7c6c5)cc4)cc23)cc1. The molecule has 3 aromatic heterocycles. The van der Waals surface area contributed by atoms with Gasteiger partial charge in [-0.1, -0.05) is 146 Å². The molecule has 0 amide bonds. The lowest BCUT2D eigenvalue weighted by atomic mass is 10.00. The summed E-state index contributed by atoms with van der Waals surface area (Å²) in [6.45, 7) is 0. The third kappa shape index (κ3) is 5.84. The Kier molecular flexibility index (Phi) is 8.18. The molecule has 0 bridgehead atoms. The molecule has 0 spiro atoms. The summed E-state index contributed by atoms with van der Waals surface area (Å²) in [5, 5.41) is 6.93. The average Bonchev–Trinajstić information content (AvgIpc) is 4.04. The summed E-state index contributed by atoms with van der Waals surface area (Å²) >= 11 is 0. The molecule has 0 aliphatic carbocycles. The van der Waals surface area contributed by atoms with Gasteiger partial charge in [-0.25, -0.2) is 0 Å². The summed E-state index contributed by atoms with van der Waals surface area (Å²) in [4.78, 5) is 2.33. The number of hydrogen-bond acceptors (Lipinski definition) is 3. The predicted molar refractivity (Wildman–Crippen MR) is 266 cm³/mol. The Morgan fingerprint density at radius 1 is 0.297 bits per heavy atom. The van der Waals surface area contributed by atoms with Gasteiger partial charge in [0.2, 0.25) is 0 Å². The van der Waals surface area contributed by atoms with E-state index in [2.05, 4.69) is 222 Å². The Hall–Kier alpha value is -8.60. The van der Waals surface area contributed by atoms with Crippen LogP contribution in [0.5, 0.6) is 0 Å². The normalized spacial score (nSPS) is 11.8. The summed E-state index contributed by atoms with van der Waals surface area (Å²) in [6.07, 6.45) is 0. The van der Waals surface area contributed by atoms with Gasteiger partial charge in [-0.2, -0.15) is 0 Å². The number of aromatic nitrogens is 1. The molecule has 0 unspecified atom stereocenters. The van der Waals surface area contributed by atoms with E-state index in [0.29, 0.717) is 0 Å². The Morgan fingerprint density at radius 3 is 1.55 bits per heavy atom. The second-order valence-electron chi connectivity index (χ2n) is 16.5. The van der Waals surface area contributed by atoms with Crippen molar-refractivity contribution in [3.63, 3.8) is 0 Å². The van der Waals surface area contributed by atoms with Crippen LogP contribution in [-0.2, 0) is 0 Å². The van der Waals surface area contributed by atoms with Crippen LogP contribution in [-0.4, -0.2) is 4.57 Å². The maximum absolute atomic E-state index is 6.50. The molecule has 0 fully saturated rings. The molecule has 300 valence electrons. The lowest BCUT2D eigenvalue weighted by Crippen LogP contribution is -2.09. The first-order valence-electron chi connectivity index (χ1n) is 21.7. The van der Waals surface area contributed by atoms with Crippen LogP contribution >= 0.6 is 0 Å². The average molecular weight is 819 g/mol. The molecule has 4 nitrogen and oxygen atoms in total. The number of para-hydroxylation sites is 4. The molecule has 0 radical (unpaired) electrons. The molecule has 0 saturated heterocycles. The van der Waals surface area contributed by atoms with Gasteiger partial charge in [0.1, 0.15) is 22.3 Å².